The predicted molar refractivity (Wildman–Crippen MR) is 122 cm³/mol. The molecule has 186 valence electrons. The number of carbonyl (C=O) groups is 1. The lowest BCUT2D eigenvalue weighted by Gasteiger charge is -2.17. The van der Waals surface area contributed by atoms with Crippen molar-refractivity contribution >= 4 is 26.9 Å². The SMILES string of the molecule is CC(C)Oc1ncc(S(=O)(=O)N2C[C@@H](C)[C@@H](n3nc(CC(=O)O)c4cc5c(cc43)OCO5)C2)cn1. The Morgan fingerprint density at radius 1 is 1.20 bits per heavy atom. The van der Waals surface area contributed by atoms with Gasteiger partial charge in [-0.1, -0.05) is 6.92 Å². The molecular weight excluding hydrogens is 478 g/mol. The monoisotopic (exact) mass is 503 g/mol. The van der Waals surface area contributed by atoms with E-state index in [1.807, 2.05) is 20.8 Å². The molecule has 0 aliphatic carbocycles. The van der Waals surface area contributed by atoms with Crippen molar-refractivity contribution in [1.29, 1.82) is 0 Å². The van der Waals surface area contributed by atoms with Crippen molar-refractivity contribution in [3.8, 4) is 17.5 Å². The van der Waals surface area contributed by atoms with Crippen LogP contribution in [0, 0.1) is 5.92 Å². The summed E-state index contributed by atoms with van der Waals surface area (Å²) in [6.45, 7) is 6.09. The van der Waals surface area contributed by atoms with E-state index in [2.05, 4.69) is 15.1 Å². The molecule has 2 aliphatic heterocycles. The van der Waals surface area contributed by atoms with Crippen LogP contribution in [-0.4, -0.2) is 69.5 Å². The van der Waals surface area contributed by atoms with Gasteiger partial charge in [0.15, 0.2) is 11.5 Å². The van der Waals surface area contributed by atoms with Gasteiger partial charge in [0.2, 0.25) is 16.8 Å². The Bertz CT molecular complexity index is 1390. The predicted octanol–water partition coefficient (Wildman–Crippen LogP) is 1.85. The first-order chi connectivity index (χ1) is 16.6. The highest BCUT2D eigenvalue weighted by molar-refractivity contribution is 7.89. The molecule has 3 aromatic rings. The highest BCUT2D eigenvalue weighted by atomic mass is 32.2. The summed E-state index contributed by atoms with van der Waals surface area (Å²) < 4.78 is 46.1. The summed E-state index contributed by atoms with van der Waals surface area (Å²) in [5, 5.41) is 14.6. The fourth-order valence-corrected chi connectivity index (χ4v) is 5.85. The van der Waals surface area contributed by atoms with E-state index in [9.17, 15) is 18.3 Å². The molecule has 0 saturated carbocycles. The molecule has 0 bridgehead atoms. The third-order valence-electron chi connectivity index (χ3n) is 6.03. The number of hydrogen-bond acceptors (Lipinski definition) is 9. The lowest BCUT2D eigenvalue weighted by Crippen LogP contribution is -2.29. The molecule has 1 fully saturated rings. The van der Waals surface area contributed by atoms with Gasteiger partial charge in [-0.15, -0.1) is 0 Å². The molecule has 1 aromatic carbocycles. The van der Waals surface area contributed by atoms with Crippen molar-refractivity contribution in [2.24, 2.45) is 5.92 Å². The van der Waals surface area contributed by atoms with Crippen molar-refractivity contribution in [3.05, 3.63) is 30.2 Å². The van der Waals surface area contributed by atoms with Gasteiger partial charge in [0, 0.05) is 24.5 Å². The molecule has 0 radical (unpaired) electrons. The molecule has 2 atom stereocenters. The molecule has 5 rings (SSSR count). The fraction of sp³-hybridized carbons (Fsp3) is 0.455. The molecule has 12 nitrogen and oxygen atoms in total. The van der Waals surface area contributed by atoms with Crippen LogP contribution in [0.5, 0.6) is 17.5 Å². The molecular formula is C22H25N5O7S. The number of carboxylic acids is 1. The second-order valence-electron chi connectivity index (χ2n) is 8.92. The Morgan fingerprint density at radius 2 is 1.89 bits per heavy atom. The molecule has 2 aliphatic rings. The van der Waals surface area contributed by atoms with Gasteiger partial charge in [0.25, 0.3) is 0 Å². The maximum Gasteiger partial charge on any atom is 0.316 e. The standard InChI is InChI=1S/C22H25N5O7S/c1-12(2)34-22-23-7-14(8-24-22)35(30,31)26-9-13(3)18(10-26)27-17-6-20-19(32-11-33-20)4-15(17)16(25-27)5-21(28)29/h4,6-8,12-13,18H,5,9-11H2,1-3H3,(H,28,29)/t13-,18+/m1/s1. The summed E-state index contributed by atoms with van der Waals surface area (Å²) in [5.41, 5.74) is 1.05. The average Bonchev–Trinajstić information content (AvgIpc) is 3.49. The van der Waals surface area contributed by atoms with Crippen molar-refractivity contribution in [1.82, 2.24) is 24.1 Å². The third-order valence-corrected chi connectivity index (χ3v) is 7.82. The summed E-state index contributed by atoms with van der Waals surface area (Å²) in [6.07, 6.45) is 2.08. The Kier molecular flexibility index (Phi) is 5.75. The van der Waals surface area contributed by atoms with E-state index in [0.717, 1.165) is 0 Å². The van der Waals surface area contributed by atoms with Gasteiger partial charge < -0.3 is 19.3 Å². The van der Waals surface area contributed by atoms with Crippen LogP contribution in [0.15, 0.2) is 29.4 Å². The van der Waals surface area contributed by atoms with E-state index < -0.39 is 16.0 Å². The molecule has 1 saturated heterocycles. The van der Waals surface area contributed by atoms with E-state index in [1.54, 1.807) is 16.8 Å². The Morgan fingerprint density at radius 3 is 2.54 bits per heavy atom. The topological polar surface area (TPSA) is 146 Å². The zero-order chi connectivity index (χ0) is 24.9. The van der Waals surface area contributed by atoms with Crippen LogP contribution in [-0.2, 0) is 21.2 Å². The molecule has 1 N–H and O–H groups in total. The van der Waals surface area contributed by atoms with Crippen molar-refractivity contribution < 1.29 is 32.5 Å². The number of benzene rings is 1. The first kappa shape index (κ1) is 23.3. The lowest BCUT2D eigenvalue weighted by atomic mass is 10.1. The highest BCUT2D eigenvalue weighted by Gasteiger charge is 2.40. The van der Waals surface area contributed by atoms with Gasteiger partial charge in [-0.05, 0) is 25.8 Å². The van der Waals surface area contributed by atoms with Crippen LogP contribution in [0.25, 0.3) is 10.9 Å². The van der Waals surface area contributed by atoms with Crippen molar-refractivity contribution in [2.45, 2.75) is 44.2 Å². The number of ether oxygens (including phenoxy) is 3. The summed E-state index contributed by atoms with van der Waals surface area (Å²) in [6, 6.07) is 3.28. The number of aliphatic carboxylic acids is 1. The third kappa shape index (κ3) is 4.25. The molecule has 0 unspecified atom stereocenters. The quantitative estimate of drug-likeness (QED) is 0.507. The van der Waals surface area contributed by atoms with Gasteiger partial charge in [0.05, 0.1) is 42.2 Å². The zero-order valence-electron chi connectivity index (χ0n) is 19.4. The van der Waals surface area contributed by atoms with Crippen molar-refractivity contribution in [2.75, 3.05) is 19.9 Å². The normalized spacial score (nSPS) is 20.1. The minimum atomic E-state index is -3.86. The first-order valence-electron chi connectivity index (χ1n) is 11.1. The molecule has 0 amide bonds. The van der Waals surface area contributed by atoms with Crippen LogP contribution < -0.4 is 14.2 Å². The Labute approximate surface area is 201 Å². The number of aromatic nitrogens is 4. The number of nitrogens with zero attached hydrogens (tertiary/aromatic N) is 5. The molecule has 2 aromatic heterocycles. The maximum absolute atomic E-state index is 13.3. The number of hydrogen-bond donors (Lipinski definition) is 1. The van der Waals surface area contributed by atoms with Gasteiger partial charge >= 0.3 is 12.0 Å². The summed E-state index contributed by atoms with van der Waals surface area (Å²) in [4.78, 5) is 19.5. The average molecular weight is 504 g/mol. The number of rotatable bonds is 7. The highest BCUT2D eigenvalue weighted by Crippen LogP contribution is 2.40. The molecule has 4 heterocycles. The summed E-state index contributed by atoms with van der Waals surface area (Å²) >= 11 is 0. The van der Waals surface area contributed by atoms with Crippen LogP contribution >= 0.6 is 0 Å². The summed E-state index contributed by atoms with van der Waals surface area (Å²) in [5.74, 6) is -0.0445. The first-order valence-corrected chi connectivity index (χ1v) is 12.6. The molecule has 0 spiro atoms. The van der Waals surface area contributed by atoms with E-state index in [4.69, 9.17) is 14.2 Å². The Hall–Kier alpha value is -3.45. The zero-order valence-corrected chi connectivity index (χ0v) is 20.2. The van der Waals surface area contributed by atoms with E-state index in [0.29, 0.717) is 28.1 Å². The molecule has 35 heavy (non-hydrogen) atoms. The largest absolute Gasteiger partial charge is 0.481 e. The number of carboxylic acid groups (broad SMARTS) is 1. The van der Waals surface area contributed by atoms with E-state index in [1.165, 1.54) is 16.7 Å². The van der Waals surface area contributed by atoms with E-state index in [-0.39, 0.29) is 55.3 Å². The Balaban J connectivity index is 1.47. The van der Waals surface area contributed by atoms with Gasteiger partial charge in [-0.3, -0.25) is 9.48 Å². The minimum Gasteiger partial charge on any atom is -0.481 e. The van der Waals surface area contributed by atoms with Gasteiger partial charge in [-0.2, -0.15) is 9.40 Å². The number of fused-ring (bicyclic) bond motifs is 2. The smallest absolute Gasteiger partial charge is 0.316 e. The second-order valence-corrected chi connectivity index (χ2v) is 10.9. The van der Waals surface area contributed by atoms with Gasteiger partial charge in [-0.25, -0.2) is 18.4 Å². The fourth-order valence-electron chi connectivity index (χ4n) is 4.40. The minimum absolute atomic E-state index is 0.0262. The maximum atomic E-state index is 13.3. The lowest BCUT2D eigenvalue weighted by molar-refractivity contribution is -0.136. The van der Waals surface area contributed by atoms with Crippen molar-refractivity contribution in [3.63, 3.8) is 0 Å². The number of sulfonamides is 1. The van der Waals surface area contributed by atoms with Crippen LogP contribution in [0.4, 0.5) is 0 Å². The van der Waals surface area contributed by atoms with Gasteiger partial charge in [0.1, 0.15) is 4.90 Å². The van der Waals surface area contributed by atoms with E-state index >= 15 is 0 Å². The van der Waals surface area contributed by atoms with Crippen LogP contribution in [0.2, 0.25) is 0 Å². The second kappa shape index (κ2) is 8.64. The van der Waals surface area contributed by atoms with Crippen LogP contribution in [0.3, 0.4) is 0 Å². The summed E-state index contributed by atoms with van der Waals surface area (Å²) in [7, 11) is -3.86. The molecule has 13 heteroatoms. The van der Waals surface area contributed by atoms with Crippen LogP contribution in [0.1, 0.15) is 32.5 Å².